The summed E-state index contributed by atoms with van der Waals surface area (Å²) in [4.78, 5) is 16.7. The van der Waals surface area contributed by atoms with Crippen molar-refractivity contribution < 1.29 is 9.90 Å². The summed E-state index contributed by atoms with van der Waals surface area (Å²) < 4.78 is 1.75. The first-order valence-electron chi connectivity index (χ1n) is 8.49. The fourth-order valence-corrected chi connectivity index (χ4v) is 3.61. The van der Waals surface area contributed by atoms with E-state index in [2.05, 4.69) is 10.3 Å². The van der Waals surface area contributed by atoms with Crippen molar-refractivity contribution in [1.29, 1.82) is 0 Å². The lowest BCUT2D eigenvalue weighted by atomic mass is 10.2. The average molecular weight is 402 g/mol. The molecule has 1 heterocycles. The highest BCUT2D eigenvalue weighted by atomic mass is 35.5. The first-order chi connectivity index (χ1) is 13.2. The molecule has 0 spiro atoms. The van der Waals surface area contributed by atoms with Crippen molar-refractivity contribution in [3.05, 3.63) is 82.6 Å². The number of aliphatic hydroxyl groups is 1. The van der Waals surface area contributed by atoms with Crippen molar-refractivity contribution >= 4 is 29.3 Å². The molecule has 5 nitrogen and oxygen atoms in total. The minimum absolute atomic E-state index is 0.117. The summed E-state index contributed by atoms with van der Waals surface area (Å²) in [6, 6.07) is 17.4. The summed E-state index contributed by atoms with van der Waals surface area (Å²) in [7, 11) is 0. The molecular weight excluding hydrogens is 382 g/mol. The highest BCUT2D eigenvalue weighted by molar-refractivity contribution is 7.98. The minimum atomic E-state index is -0.166. The number of aliphatic hydroxyl groups excluding tert-OH is 1. The summed E-state index contributed by atoms with van der Waals surface area (Å²) >= 11 is 7.43. The molecule has 0 aliphatic rings. The SMILES string of the molecule is O=C(Cn1c(CO)cnc1SCc1ccc(Cl)cc1)NCc1ccccc1. The minimum Gasteiger partial charge on any atom is -0.390 e. The van der Waals surface area contributed by atoms with Crippen molar-refractivity contribution in [3.63, 3.8) is 0 Å². The van der Waals surface area contributed by atoms with Gasteiger partial charge in [0, 0.05) is 17.3 Å². The Bertz CT molecular complexity index is 882. The number of imidazole rings is 1. The van der Waals surface area contributed by atoms with Gasteiger partial charge in [-0.2, -0.15) is 0 Å². The van der Waals surface area contributed by atoms with E-state index in [1.807, 2.05) is 54.6 Å². The maximum Gasteiger partial charge on any atom is 0.240 e. The molecule has 2 N–H and O–H groups in total. The number of benzene rings is 2. The number of amides is 1. The van der Waals surface area contributed by atoms with E-state index in [1.165, 1.54) is 11.8 Å². The van der Waals surface area contributed by atoms with Crippen molar-refractivity contribution in [2.75, 3.05) is 0 Å². The highest BCUT2D eigenvalue weighted by Crippen LogP contribution is 2.24. The molecule has 0 aliphatic carbocycles. The third-order valence-electron chi connectivity index (χ3n) is 3.98. The Balaban J connectivity index is 1.62. The van der Waals surface area contributed by atoms with Gasteiger partial charge in [-0.1, -0.05) is 65.8 Å². The molecule has 0 bridgehead atoms. The van der Waals surface area contributed by atoms with Crippen LogP contribution in [0.5, 0.6) is 0 Å². The van der Waals surface area contributed by atoms with Gasteiger partial charge in [-0.3, -0.25) is 4.79 Å². The molecule has 140 valence electrons. The van der Waals surface area contributed by atoms with Crippen LogP contribution in [0.2, 0.25) is 5.02 Å². The first kappa shape index (κ1) is 19.5. The number of thioether (sulfide) groups is 1. The van der Waals surface area contributed by atoms with E-state index in [9.17, 15) is 9.90 Å². The largest absolute Gasteiger partial charge is 0.390 e. The fraction of sp³-hybridized carbons (Fsp3) is 0.200. The van der Waals surface area contributed by atoms with Crippen molar-refractivity contribution in [3.8, 4) is 0 Å². The summed E-state index contributed by atoms with van der Waals surface area (Å²) in [5, 5.41) is 13.8. The van der Waals surface area contributed by atoms with Crippen molar-refractivity contribution in [2.45, 2.75) is 30.6 Å². The van der Waals surface area contributed by atoms with Crippen LogP contribution in [0.4, 0.5) is 0 Å². The predicted molar refractivity (Wildman–Crippen MR) is 107 cm³/mol. The van der Waals surface area contributed by atoms with Crippen LogP contribution >= 0.6 is 23.4 Å². The number of hydrogen-bond donors (Lipinski definition) is 2. The van der Waals surface area contributed by atoms with Crippen LogP contribution in [0.3, 0.4) is 0 Å². The molecule has 1 aromatic heterocycles. The Morgan fingerprint density at radius 2 is 1.85 bits per heavy atom. The van der Waals surface area contributed by atoms with E-state index in [1.54, 1.807) is 10.8 Å². The van der Waals surface area contributed by atoms with Crippen LogP contribution < -0.4 is 5.32 Å². The van der Waals surface area contributed by atoms with Gasteiger partial charge < -0.3 is 15.0 Å². The van der Waals surface area contributed by atoms with Gasteiger partial charge in [-0.15, -0.1) is 0 Å². The smallest absolute Gasteiger partial charge is 0.240 e. The number of halogens is 1. The monoisotopic (exact) mass is 401 g/mol. The molecule has 3 aromatic rings. The van der Waals surface area contributed by atoms with Gasteiger partial charge in [-0.05, 0) is 23.3 Å². The van der Waals surface area contributed by atoms with Gasteiger partial charge in [0.25, 0.3) is 0 Å². The second-order valence-electron chi connectivity index (χ2n) is 5.95. The molecule has 1 amide bonds. The van der Waals surface area contributed by atoms with Gasteiger partial charge in [0.15, 0.2) is 5.16 Å². The number of rotatable bonds is 8. The normalized spacial score (nSPS) is 10.7. The fourth-order valence-electron chi connectivity index (χ4n) is 2.53. The van der Waals surface area contributed by atoms with E-state index in [-0.39, 0.29) is 19.1 Å². The van der Waals surface area contributed by atoms with Crippen molar-refractivity contribution in [2.24, 2.45) is 0 Å². The van der Waals surface area contributed by atoms with Crippen LogP contribution in [-0.2, 0) is 30.2 Å². The Morgan fingerprint density at radius 1 is 1.11 bits per heavy atom. The zero-order valence-electron chi connectivity index (χ0n) is 14.6. The van der Waals surface area contributed by atoms with E-state index >= 15 is 0 Å². The molecule has 0 aliphatic heterocycles. The zero-order valence-corrected chi connectivity index (χ0v) is 16.2. The molecule has 0 radical (unpaired) electrons. The third-order valence-corrected chi connectivity index (χ3v) is 5.29. The van der Waals surface area contributed by atoms with Crippen LogP contribution in [0, 0.1) is 0 Å². The molecule has 7 heteroatoms. The summed E-state index contributed by atoms with van der Waals surface area (Å²) in [6.07, 6.45) is 1.61. The van der Waals surface area contributed by atoms with Gasteiger partial charge in [-0.25, -0.2) is 4.98 Å². The Morgan fingerprint density at radius 3 is 2.56 bits per heavy atom. The number of nitrogens with zero attached hydrogens (tertiary/aromatic N) is 2. The molecule has 0 atom stereocenters. The summed E-state index contributed by atoms with van der Waals surface area (Å²) in [6.45, 7) is 0.419. The highest BCUT2D eigenvalue weighted by Gasteiger charge is 2.13. The number of hydrogen-bond acceptors (Lipinski definition) is 4. The lowest BCUT2D eigenvalue weighted by Crippen LogP contribution is -2.28. The van der Waals surface area contributed by atoms with E-state index in [0.29, 0.717) is 28.2 Å². The first-order valence-corrected chi connectivity index (χ1v) is 9.85. The second-order valence-corrected chi connectivity index (χ2v) is 7.33. The predicted octanol–water partition coefficient (Wildman–Crippen LogP) is 3.64. The van der Waals surface area contributed by atoms with Gasteiger partial charge in [0.2, 0.25) is 5.91 Å². The third kappa shape index (κ3) is 5.60. The molecule has 3 rings (SSSR count). The van der Waals surface area contributed by atoms with Gasteiger partial charge in [0.1, 0.15) is 6.54 Å². The maximum atomic E-state index is 12.4. The Hall–Kier alpha value is -2.28. The number of nitrogens with one attached hydrogen (secondary N) is 1. The van der Waals surface area contributed by atoms with Crippen LogP contribution in [0.15, 0.2) is 66.0 Å². The van der Waals surface area contributed by atoms with Crippen LogP contribution in [-0.4, -0.2) is 20.6 Å². The Labute approximate surface area is 167 Å². The molecule has 0 fully saturated rings. The van der Waals surface area contributed by atoms with Crippen LogP contribution in [0.1, 0.15) is 16.8 Å². The van der Waals surface area contributed by atoms with E-state index in [4.69, 9.17) is 11.6 Å². The van der Waals surface area contributed by atoms with E-state index < -0.39 is 0 Å². The zero-order chi connectivity index (χ0) is 19.1. The standard InChI is InChI=1S/C20H20ClN3O2S/c21-17-8-6-16(7-9-17)14-27-20-23-11-18(13-25)24(20)12-19(26)22-10-15-4-2-1-3-5-15/h1-9,11,25H,10,12-14H2,(H,22,26). The molecule has 0 saturated carbocycles. The maximum absolute atomic E-state index is 12.4. The second kappa shape index (κ2) is 9.60. The Kier molecular flexibility index (Phi) is 6.92. The quantitative estimate of drug-likeness (QED) is 0.565. The van der Waals surface area contributed by atoms with Crippen molar-refractivity contribution in [1.82, 2.24) is 14.9 Å². The topological polar surface area (TPSA) is 67.2 Å². The molecule has 0 saturated heterocycles. The molecule has 2 aromatic carbocycles. The molecular formula is C20H20ClN3O2S. The lowest BCUT2D eigenvalue weighted by Gasteiger charge is -2.11. The van der Waals surface area contributed by atoms with Crippen LogP contribution in [0.25, 0.3) is 0 Å². The number of carbonyl (C=O) groups excluding carboxylic acids is 1. The number of carbonyl (C=O) groups is 1. The summed E-state index contributed by atoms with van der Waals surface area (Å²) in [5.74, 6) is 0.574. The number of aromatic nitrogens is 2. The molecule has 27 heavy (non-hydrogen) atoms. The summed E-state index contributed by atoms with van der Waals surface area (Å²) in [5.41, 5.74) is 2.76. The van der Waals surface area contributed by atoms with Gasteiger partial charge in [0.05, 0.1) is 18.5 Å². The van der Waals surface area contributed by atoms with E-state index in [0.717, 1.165) is 11.1 Å². The lowest BCUT2D eigenvalue weighted by molar-refractivity contribution is -0.122. The molecule has 0 unspecified atom stereocenters. The van der Waals surface area contributed by atoms with Gasteiger partial charge >= 0.3 is 0 Å². The average Bonchev–Trinajstić information content (AvgIpc) is 3.08.